The van der Waals surface area contributed by atoms with Crippen molar-refractivity contribution in [1.29, 1.82) is 0 Å². The first-order valence-corrected chi connectivity index (χ1v) is 12.4. The topological polar surface area (TPSA) is 115 Å². The van der Waals surface area contributed by atoms with Gasteiger partial charge in [0.1, 0.15) is 0 Å². The van der Waals surface area contributed by atoms with Crippen LogP contribution in [0.1, 0.15) is 63.8 Å². The van der Waals surface area contributed by atoms with Crippen molar-refractivity contribution in [3.05, 3.63) is 22.6 Å². The number of carbonyl (C=O) groups is 1. The quantitative estimate of drug-likeness (QED) is 0.730. The third-order valence-corrected chi connectivity index (χ3v) is 7.50. The molecule has 0 bridgehead atoms. The van der Waals surface area contributed by atoms with E-state index < -0.39 is 0 Å². The fourth-order valence-corrected chi connectivity index (χ4v) is 5.62. The highest BCUT2D eigenvalue weighted by atomic mass is 16.5. The van der Waals surface area contributed by atoms with E-state index in [0.717, 1.165) is 56.8 Å². The van der Waals surface area contributed by atoms with Crippen molar-refractivity contribution >= 4 is 28.6 Å². The maximum atomic E-state index is 12.8. The zero-order valence-electron chi connectivity index (χ0n) is 19.2. The van der Waals surface area contributed by atoms with Gasteiger partial charge in [0.25, 0.3) is 5.56 Å². The van der Waals surface area contributed by atoms with E-state index >= 15 is 0 Å². The van der Waals surface area contributed by atoms with E-state index in [-0.39, 0.29) is 29.5 Å². The Morgan fingerprint density at radius 3 is 2.52 bits per heavy atom. The minimum absolute atomic E-state index is 0.0846. The number of hydrogen-bond donors (Lipinski definition) is 2. The third kappa shape index (κ3) is 4.69. The summed E-state index contributed by atoms with van der Waals surface area (Å²) in [7, 11) is 0. The fraction of sp³-hybridized carbons (Fsp3) is 0.667. The first-order chi connectivity index (χ1) is 16.1. The van der Waals surface area contributed by atoms with Gasteiger partial charge in [-0.15, -0.1) is 0 Å². The predicted molar refractivity (Wildman–Crippen MR) is 127 cm³/mol. The molecule has 0 spiro atoms. The molecule has 2 aromatic rings. The number of hydrogen-bond acceptors (Lipinski definition) is 7. The summed E-state index contributed by atoms with van der Waals surface area (Å²) in [6, 6.07) is 1.88. The molecule has 0 aromatic carbocycles. The monoisotopic (exact) mass is 454 g/mol. The van der Waals surface area contributed by atoms with Gasteiger partial charge in [0, 0.05) is 49.0 Å². The van der Waals surface area contributed by atoms with Crippen LogP contribution in [0.15, 0.2) is 17.1 Å². The molecule has 1 amide bonds. The first kappa shape index (κ1) is 22.1. The SMILES string of the molecule is Nc1cc(=O)n(C2CCCCC2)c2nc(NC3CCC(C(=O)N4CCOCC4)CC3)ncc12. The normalized spacial score (nSPS) is 24.7. The number of carbonyl (C=O) groups excluding carboxylic acids is 1. The van der Waals surface area contributed by atoms with Gasteiger partial charge >= 0.3 is 0 Å². The number of rotatable bonds is 4. The van der Waals surface area contributed by atoms with Crippen LogP contribution in [0.4, 0.5) is 11.6 Å². The van der Waals surface area contributed by atoms with Crippen molar-refractivity contribution in [3.63, 3.8) is 0 Å². The van der Waals surface area contributed by atoms with Crippen molar-refractivity contribution in [2.45, 2.75) is 69.9 Å². The fourth-order valence-electron chi connectivity index (χ4n) is 5.62. The van der Waals surface area contributed by atoms with Crippen LogP contribution in [0, 0.1) is 5.92 Å². The number of nitrogens with two attached hydrogens (primary N) is 1. The van der Waals surface area contributed by atoms with E-state index in [1.165, 1.54) is 12.5 Å². The maximum absolute atomic E-state index is 12.8. The molecule has 33 heavy (non-hydrogen) atoms. The minimum Gasteiger partial charge on any atom is -0.398 e. The summed E-state index contributed by atoms with van der Waals surface area (Å²) in [5, 5.41) is 4.19. The van der Waals surface area contributed by atoms with E-state index in [0.29, 0.717) is 43.6 Å². The Morgan fingerprint density at radius 2 is 1.79 bits per heavy atom. The second-order valence-electron chi connectivity index (χ2n) is 9.66. The van der Waals surface area contributed by atoms with Crippen molar-refractivity contribution < 1.29 is 9.53 Å². The van der Waals surface area contributed by atoms with Gasteiger partial charge in [0.2, 0.25) is 11.9 Å². The zero-order chi connectivity index (χ0) is 22.8. The number of anilines is 2. The van der Waals surface area contributed by atoms with Gasteiger partial charge in [-0.3, -0.25) is 14.2 Å². The highest BCUT2D eigenvalue weighted by molar-refractivity contribution is 5.87. The lowest BCUT2D eigenvalue weighted by Crippen LogP contribution is -2.45. The zero-order valence-corrected chi connectivity index (χ0v) is 19.2. The molecule has 1 saturated heterocycles. The molecule has 0 radical (unpaired) electrons. The number of ether oxygens (including phenoxy) is 1. The Bertz CT molecular complexity index is 1050. The average Bonchev–Trinajstić information content (AvgIpc) is 2.85. The van der Waals surface area contributed by atoms with Gasteiger partial charge in [0.15, 0.2) is 5.65 Å². The Hall–Kier alpha value is -2.68. The van der Waals surface area contributed by atoms with Crippen molar-refractivity contribution in [1.82, 2.24) is 19.4 Å². The number of pyridine rings is 1. The summed E-state index contributed by atoms with van der Waals surface area (Å²) in [6.07, 6.45) is 10.7. The summed E-state index contributed by atoms with van der Waals surface area (Å²) in [4.78, 5) is 36.9. The van der Waals surface area contributed by atoms with E-state index in [9.17, 15) is 9.59 Å². The molecule has 3 N–H and O–H groups in total. The van der Waals surface area contributed by atoms with Gasteiger partial charge < -0.3 is 20.7 Å². The average molecular weight is 455 g/mol. The van der Waals surface area contributed by atoms with E-state index in [2.05, 4.69) is 10.3 Å². The van der Waals surface area contributed by atoms with Gasteiger partial charge in [-0.05, 0) is 38.5 Å². The van der Waals surface area contributed by atoms with E-state index in [1.54, 1.807) is 6.20 Å². The van der Waals surface area contributed by atoms with Crippen LogP contribution in [0.2, 0.25) is 0 Å². The summed E-state index contributed by atoms with van der Waals surface area (Å²) in [6.45, 7) is 2.68. The number of nitrogens with zero attached hydrogens (tertiary/aromatic N) is 4. The van der Waals surface area contributed by atoms with Crippen LogP contribution in [0.5, 0.6) is 0 Å². The number of aromatic nitrogens is 3. The molecule has 0 unspecified atom stereocenters. The highest BCUT2D eigenvalue weighted by Gasteiger charge is 2.30. The Labute approximate surface area is 193 Å². The number of fused-ring (bicyclic) bond motifs is 1. The van der Waals surface area contributed by atoms with Crippen molar-refractivity contribution in [2.75, 3.05) is 37.4 Å². The molecule has 5 rings (SSSR count). The maximum Gasteiger partial charge on any atom is 0.254 e. The molecular weight excluding hydrogens is 420 g/mol. The molecule has 3 aliphatic rings. The molecule has 1 aliphatic heterocycles. The highest BCUT2D eigenvalue weighted by Crippen LogP contribution is 2.31. The van der Waals surface area contributed by atoms with Crippen molar-refractivity contribution in [2.24, 2.45) is 5.92 Å². The smallest absolute Gasteiger partial charge is 0.254 e. The molecular formula is C24H34N6O3. The number of nitrogens with one attached hydrogen (secondary N) is 1. The van der Waals surface area contributed by atoms with Gasteiger partial charge in [-0.1, -0.05) is 19.3 Å². The molecule has 0 atom stereocenters. The summed E-state index contributed by atoms with van der Waals surface area (Å²) in [5.74, 6) is 0.889. The lowest BCUT2D eigenvalue weighted by atomic mass is 9.85. The second kappa shape index (κ2) is 9.67. The Morgan fingerprint density at radius 1 is 1.06 bits per heavy atom. The van der Waals surface area contributed by atoms with Crippen LogP contribution in [0.25, 0.3) is 11.0 Å². The second-order valence-corrected chi connectivity index (χ2v) is 9.66. The summed E-state index contributed by atoms with van der Waals surface area (Å²) >= 11 is 0. The first-order valence-electron chi connectivity index (χ1n) is 12.4. The number of amides is 1. The Balaban J connectivity index is 1.29. The molecule has 2 aromatic heterocycles. The van der Waals surface area contributed by atoms with Crippen LogP contribution < -0.4 is 16.6 Å². The third-order valence-electron chi connectivity index (χ3n) is 7.50. The molecule has 9 nitrogen and oxygen atoms in total. The molecule has 178 valence electrons. The molecule has 2 saturated carbocycles. The van der Waals surface area contributed by atoms with Gasteiger partial charge in [0.05, 0.1) is 18.6 Å². The van der Waals surface area contributed by atoms with Crippen LogP contribution >= 0.6 is 0 Å². The molecule has 2 aliphatic carbocycles. The number of nitrogen functional groups attached to an aromatic ring is 1. The number of morpholine rings is 1. The summed E-state index contributed by atoms with van der Waals surface area (Å²) in [5.41, 5.74) is 7.11. The molecule has 3 fully saturated rings. The molecule has 3 heterocycles. The predicted octanol–water partition coefficient (Wildman–Crippen LogP) is 2.71. The minimum atomic E-state index is -0.0846. The van der Waals surface area contributed by atoms with E-state index in [1.807, 2.05) is 9.47 Å². The standard InChI is InChI=1S/C24H34N6O3/c25-20-14-21(31)30(18-4-2-1-3-5-18)22-19(20)15-26-24(28-22)27-17-8-6-16(7-9-17)23(32)29-10-12-33-13-11-29/h14-18H,1-13,25H2,(H,26,27,28). The van der Waals surface area contributed by atoms with Gasteiger partial charge in [-0.25, -0.2) is 4.98 Å². The lowest BCUT2D eigenvalue weighted by molar-refractivity contribution is -0.140. The lowest BCUT2D eigenvalue weighted by Gasteiger charge is -2.34. The van der Waals surface area contributed by atoms with Crippen LogP contribution in [0.3, 0.4) is 0 Å². The summed E-state index contributed by atoms with van der Waals surface area (Å²) < 4.78 is 7.19. The molecule has 9 heteroatoms. The van der Waals surface area contributed by atoms with Gasteiger partial charge in [-0.2, -0.15) is 4.98 Å². The van der Waals surface area contributed by atoms with Crippen molar-refractivity contribution in [3.8, 4) is 0 Å². The largest absolute Gasteiger partial charge is 0.398 e. The van der Waals surface area contributed by atoms with E-state index in [4.69, 9.17) is 15.5 Å². The Kier molecular flexibility index (Phi) is 6.48. The van der Waals surface area contributed by atoms with Crippen LogP contribution in [-0.4, -0.2) is 57.7 Å². The van der Waals surface area contributed by atoms with Crippen LogP contribution in [-0.2, 0) is 9.53 Å².